The maximum atomic E-state index is 10.3. The molecule has 0 spiro atoms. The molecule has 1 atom stereocenters. The minimum atomic E-state index is -0.616. The van der Waals surface area contributed by atoms with Gasteiger partial charge < -0.3 is 5.11 Å². The third-order valence-corrected chi connectivity index (χ3v) is 3.09. The fourth-order valence-electron chi connectivity index (χ4n) is 2.17. The third kappa shape index (κ3) is 3.01. The van der Waals surface area contributed by atoms with E-state index in [0.29, 0.717) is 12.0 Å². The maximum absolute atomic E-state index is 10.3. The van der Waals surface area contributed by atoms with Gasteiger partial charge in [-0.05, 0) is 37.6 Å². The van der Waals surface area contributed by atoms with E-state index in [2.05, 4.69) is 11.2 Å². The van der Waals surface area contributed by atoms with Crippen LogP contribution in [0.15, 0.2) is 30.3 Å². The fourth-order valence-corrected chi connectivity index (χ4v) is 2.17. The minimum absolute atomic E-state index is 0.504. The average molecular weight is 255 g/mol. The zero-order chi connectivity index (χ0) is 13.8. The van der Waals surface area contributed by atoms with Crippen molar-refractivity contribution in [3.8, 4) is 6.07 Å². The molecular formula is C15H17N3O. The normalized spacial score (nSPS) is 12.1. The lowest BCUT2D eigenvalue weighted by atomic mass is 10.0. The molecule has 2 aromatic rings. The number of aryl methyl sites for hydroxylation is 2. The molecule has 2 rings (SSSR count). The Kier molecular flexibility index (Phi) is 3.98. The van der Waals surface area contributed by atoms with Crippen molar-refractivity contribution in [2.45, 2.75) is 32.9 Å². The summed E-state index contributed by atoms with van der Waals surface area (Å²) in [6, 6.07) is 11.2. The van der Waals surface area contributed by atoms with Gasteiger partial charge in [0.25, 0.3) is 0 Å². The Bertz CT molecular complexity index is 610. The van der Waals surface area contributed by atoms with Crippen LogP contribution in [-0.2, 0) is 13.0 Å². The summed E-state index contributed by atoms with van der Waals surface area (Å²) in [5, 5.41) is 23.5. The Morgan fingerprint density at radius 2 is 2.21 bits per heavy atom. The van der Waals surface area contributed by atoms with Gasteiger partial charge in [0.2, 0.25) is 0 Å². The number of aliphatic hydroxyl groups is 1. The highest BCUT2D eigenvalue weighted by Crippen LogP contribution is 2.19. The summed E-state index contributed by atoms with van der Waals surface area (Å²) < 4.78 is 1.90. The highest BCUT2D eigenvalue weighted by molar-refractivity contribution is 5.34. The van der Waals surface area contributed by atoms with E-state index in [1.54, 1.807) is 18.2 Å². The first-order valence-electron chi connectivity index (χ1n) is 6.35. The van der Waals surface area contributed by atoms with E-state index in [4.69, 9.17) is 5.26 Å². The van der Waals surface area contributed by atoms with Gasteiger partial charge >= 0.3 is 0 Å². The number of aliphatic hydroxyl groups excluding tert-OH is 1. The first-order valence-corrected chi connectivity index (χ1v) is 6.35. The Morgan fingerprint density at radius 3 is 2.89 bits per heavy atom. The van der Waals surface area contributed by atoms with Crippen LogP contribution in [0.4, 0.5) is 0 Å². The molecule has 0 radical (unpaired) electrons. The number of rotatable bonds is 4. The molecule has 1 heterocycles. The van der Waals surface area contributed by atoms with Crippen LogP contribution in [0, 0.1) is 18.3 Å². The lowest BCUT2D eigenvalue weighted by molar-refractivity contribution is 0.175. The van der Waals surface area contributed by atoms with E-state index in [0.717, 1.165) is 23.5 Å². The Labute approximate surface area is 112 Å². The van der Waals surface area contributed by atoms with Gasteiger partial charge in [0.15, 0.2) is 0 Å². The molecule has 1 N–H and O–H groups in total. The zero-order valence-electron chi connectivity index (χ0n) is 11.2. The summed E-state index contributed by atoms with van der Waals surface area (Å²) >= 11 is 0. The first-order chi connectivity index (χ1) is 9.13. The van der Waals surface area contributed by atoms with Gasteiger partial charge in [0, 0.05) is 18.7 Å². The van der Waals surface area contributed by atoms with E-state index in [9.17, 15) is 5.11 Å². The first kappa shape index (κ1) is 13.3. The Balaban J connectivity index is 2.20. The molecule has 4 heteroatoms. The van der Waals surface area contributed by atoms with Crippen LogP contribution in [0.3, 0.4) is 0 Å². The molecule has 0 fully saturated rings. The predicted molar refractivity (Wildman–Crippen MR) is 72.5 cm³/mol. The summed E-state index contributed by atoms with van der Waals surface area (Å²) in [5.41, 5.74) is 3.29. The van der Waals surface area contributed by atoms with Crippen molar-refractivity contribution in [1.82, 2.24) is 9.78 Å². The molecule has 0 saturated heterocycles. The number of hydrogen-bond acceptors (Lipinski definition) is 3. The minimum Gasteiger partial charge on any atom is -0.388 e. The monoisotopic (exact) mass is 255 g/mol. The molecular weight excluding hydrogens is 238 g/mol. The van der Waals surface area contributed by atoms with Crippen molar-refractivity contribution >= 4 is 0 Å². The van der Waals surface area contributed by atoms with Crippen LogP contribution in [-0.4, -0.2) is 14.9 Å². The molecule has 4 nitrogen and oxygen atoms in total. The quantitative estimate of drug-likeness (QED) is 0.912. The van der Waals surface area contributed by atoms with Gasteiger partial charge in [-0.1, -0.05) is 12.1 Å². The molecule has 0 aliphatic rings. The van der Waals surface area contributed by atoms with Gasteiger partial charge in [0.05, 0.1) is 23.4 Å². The SMILES string of the molecule is CCn1nc(C)cc1CC(O)c1cccc(C#N)c1. The molecule has 1 unspecified atom stereocenters. The summed E-state index contributed by atoms with van der Waals surface area (Å²) in [6.07, 6.45) is -0.112. The van der Waals surface area contributed by atoms with Crippen molar-refractivity contribution < 1.29 is 5.11 Å². The molecule has 0 bridgehead atoms. The highest BCUT2D eigenvalue weighted by atomic mass is 16.3. The van der Waals surface area contributed by atoms with Crippen molar-refractivity contribution in [3.05, 3.63) is 52.8 Å². The lowest BCUT2D eigenvalue weighted by Gasteiger charge is -2.12. The Morgan fingerprint density at radius 1 is 1.42 bits per heavy atom. The van der Waals surface area contributed by atoms with Gasteiger partial charge in [-0.15, -0.1) is 0 Å². The molecule has 0 amide bonds. The number of benzene rings is 1. The van der Waals surface area contributed by atoms with Crippen molar-refractivity contribution in [2.24, 2.45) is 0 Å². The molecule has 0 aliphatic carbocycles. The third-order valence-electron chi connectivity index (χ3n) is 3.09. The average Bonchev–Trinajstić information content (AvgIpc) is 2.78. The largest absolute Gasteiger partial charge is 0.388 e. The standard InChI is InChI=1S/C15H17N3O/c1-3-18-14(7-11(2)17-18)9-15(19)13-6-4-5-12(8-13)10-16/h4-8,15,19H,3,9H2,1-2H3. The van der Waals surface area contributed by atoms with Crippen molar-refractivity contribution in [2.75, 3.05) is 0 Å². The summed E-state index contributed by atoms with van der Waals surface area (Å²) in [4.78, 5) is 0. The lowest BCUT2D eigenvalue weighted by Crippen LogP contribution is -2.08. The van der Waals surface area contributed by atoms with Crippen LogP contribution in [0.25, 0.3) is 0 Å². The summed E-state index contributed by atoms with van der Waals surface area (Å²) in [6.45, 7) is 4.76. The molecule has 1 aromatic heterocycles. The summed E-state index contributed by atoms with van der Waals surface area (Å²) in [7, 11) is 0. The molecule has 0 saturated carbocycles. The van der Waals surface area contributed by atoms with E-state index in [1.165, 1.54) is 0 Å². The van der Waals surface area contributed by atoms with E-state index in [1.807, 2.05) is 30.7 Å². The highest BCUT2D eigenvalue weighted by Gasteiger charge is 2.13. The second-order valence-corrected chi connectivity index (χ2v) is 4.55. The fraction of sp³-hybridized carbons (Fsp3) is 0.333. The molecule has 1 aromatic carbocycles. The number of nitrogens with zero attached hydrogens (tertiary/aromatic N) is 3. The van der Waals surface area contributed by atoms with Crippen LogP contribution in [0.5, 0.6) is 0 Å². The smallest absolute Gasteiger partial charge is 0.0991 e. The predicted octanol–water partition coefficient (Wildman–Crippen LogP) is 2.36. The van der Waals surface area contributed by atoms with Gasteiger partial charge in [-0.25, -0.2) is 0 Å². The number of aromatic nitrogens is 2. The number of nitriles is 1. The second-order valence-electron chi connectivity index (χ2n) is 4.55. The maximum Gasteiger partial charge on any atom is 0.0991 e. The van der Waals surface area contributed by atoms with Gasteiger partial charge in [-0.3, -0.25) is 4.68 Å². The zero-order valence-corrected chi connectivity index (χ0v) is 11.2. The topological polar surface area (TPSA) is 61.8 Å². The van der Waals surface area contributed by atoms with E-state index < -0.39 is 6.10 Å². The van der Waals surface area contributed by atoms with E-state index in [-0.39, 0.29) is 0 Å². The van der Waals surface area contributed by atoms with Crippen molar-refractivity contribution in [1.29, 1.82) is 5.26 Å². The molecule has 98 valence electrons. The van der Waals surface area contributed by atoms with E-state index >= 15 is 0 Å². The van der Waals surface area contributed by atoms with Gasteiger partial charge in [-0.2, -0.15) is 10.4 Å². The van der Waals surface area contributed by atoms with Crippen LogP contribution in [0.1, 0.15) is 35.5 Å². The van der Waals surface area contributed by atoms with Gasteiger partial charge in [0.1, 0.15) is 0 Å². The second kappa shape index (κ2) is 5.68. The molecule has 0 aliphatic heterocycles. The van der Waals surface area contributed by atoms with Crippen LogP contribution in [0.2, 0.25) is 0 Å². The molecule has 19 heavy (non-hydrogen) atoms. The number of hydrogen-bond donors (Lipinski definition) is 1. The van der Waals surface area contributed by atoms with Crippen LogP contribution < -0.4 is 0 Å². The van der Waals surface area contributed by atoms with Crippen molar-refractivity contribution in [3.63, 3.8) is 0 Å². The summed E-state index contributed by atoms with van der Waals surface area (Å²) in [5.74, 6) is 0. The van der Waals surface area contributed by atoms with Crippen LogP contribution >= 0.6 is 0 Å². The Hall–Kier alpha value is -2.12.